The fourth-order valence-electron chi connectivity index (χ4n) is 2.99. The SMILES string of the molecule is CC(C)(C)OC(=O)NC(CCCCNC(=O)OCc1ccccc1)C(=O)Oc1ccc([NH+]([O-])O)cc1. The number of rotatable bonds is 11. The van der Waals surface area contributed by atoms with Gasteiger partial charge in [0.1, 0.15) is 24.0 Å². The average molecular weight is 504 g/mol. The summed E-state index contributed by atoms with van der Waals surface area (Å²) < 4.78 is 15.7. The number of esters is 1. The van der Waals surface area contributed by atoms with Crippen molar-refractivity contribution in [3.05, 3.63) is 65.4 Å². The molecular formula is C25H33N3O8. The Balaban J connectivity index is 1.84. The van der Waals surface area contributed by atoms with E-state index in [-0.39, 0.29) is 24.5 Å². The summed E-state index contributed by atoms with van der Waals surface area (Å²) in [6, 6.07) is 13.6. The third-order valence-electron chi connectivity index (χ3n) is 4.70. The topological polar surface area (TPSA) is 151 Å². The fourth-order valence-corrected chi connectivity index (χ4v) is 2.99. The molecule has 2 rings (SSSR count). The second-order valence-electron chi connectivity index (χ2n) is 8.93. The van der Waals surface area contributed by atoms with Gasteiger partial charge in [0, 0.05) is 18.7 Å². The quantitative estimate of drug-likeness (QED) is 0.158. The van der Waals surface area contributed by atoms with Crippen molar-refractivity contribution in [1.29, 1.82) is 0 Å². The maximum atomic E-state index is 12.7. The van der Waals surface area contributed by atoms with Crippen molar-refractivity contribution in [2.45, 2.75) is 58.3 Å². The molecule has 2 atom stereocenters. The van der Waals surface area contributed by atoms with Crippen molar-refractivity contribution in [2.24, 2.45) is 0 Å². The first kappa shape index (κ1) is 28.6. The van der Waals surface area contributed by atoms with Crippen LogP contribution < -0.4 is 20.6 Å². The van der Waals surface area contributed by atoms with Crippen molar-refractivity contribution >= 4 is 23.8 Å². The van der Waals surface area contributed by atoms with Gasteiger partial charge in [-0.05, 0) is 57.7 Å². The molecule has 2 aromatic carbocycles. The van der Waals surface area contributed by atoms with E-state index in [2.05, 4.69) is 10.6 Å². The largest absolute Gasteiger partial charge is 0.595 e. The number of benzene rings is 2. The number of alkyl carbamates (subject to hydrolysis) is 2. The van der Waals surface area contributed by atoms with E-state index >= 15 is 0 Å². The van der Waals surface area contributed by atoms with Gasteiger partial charge in [0.25, 0.3) is 0 Å². The summed E-state index contributed by atoms with van der Waals surface area (Å²) in [6.45, 7) is 5.58. The first-order valence-corrected chi connectivity index (χ1v) is 11.5. The van der Waals surface area contributed by atoms with E-state index in [1.165, 1.54) is 24.3 Å². The number of nitrogens with one attached hydrogen (secondary N) is 3. The number of unbranched alkanes of at least 4 members (excludes halogenated alkanes) is 1. The molecule has 0 aliphatic rings. The Morgan fingerprint density at radius 3 is 2.28 bits per heavy atom. The molecule has 0 aliphatic carbocycles. The van der Waals surface area contributed by atoms with Crippen LogP contribution in [0.2, 0.25) is 0 Å². The smallest absolute Gasteiger partial charge is 0.408 e. The second kappa shape index (κ2) is 14.0. The molecule has 2 unspecified atom stereocenters. The van der Waals surface area contributed by atoms with Gasteiger partial charge in [-0.1, -0.05) is 30.3 Å². The van der Waals surface area contributed by atoms with Crippen LogP contribution in [-0.2, 0) is 20.9 Å². The molecule has 0 fully saturated rings. The zero-order valence-corrected chi connectivity index (χ0v) is 20.6. The summed E-state index contributed by atoms with van der Waals surface area (Å²) in [6.07, 6.45) is -0.0914. The molecule has 0 heterocycles. The number of amides is 2. The van der Waals surface area contributed by atoms with Gasteiger partial charge in [-0.15, -0.1) is 0 Å². The summed E-state index contributed by atoms with van der Waals surface area (Å²) in [4.78, 5) is 36.8. The van der Waals surface area contributed by atoms with Crippen LogP contribution in [0.25, 0.3) is 0 Å². The van der Waals surface area contributed by atoms with Gasteiger partial charge in [0.15, 0.2) is 5.69 Å². The molecule has 0 radical (unpaired) electrons. The van der Waals surface area contributed by atoms with Crippen molar-refractivity contribution in [3.8, 4) is 5.75 Å². The number of carbonyl (C=O) groups excluding carboxylic acids is 3. The van der Waals surface area contributed by atoms with Gasteiger partial charge in [-0.3, -0.25) is 0 Å². The molecule has 11 nitrogen and oxygen atoms in total. The van der Waals surface area contributed by atoms with Gasteiger partial charge in [0.2, 0.25) is 0 Å². The van der Waals surface area contributed by atoms with E-state index < -0.39 is 35.0 Å². The average Bonchev–Trinajstić information content (AvgIpc) is 2.81. The van der Waals surface area contributed by atoms with Crippen LogP contribution >= 0.6 is 0 Å². The lowest BCUT2D eigenvalue weighted by Gasteiger charge is -2.23. The predicted octanol–water partition coefficient (Wildman–Crippen LogP) is 2.99. The normalized spacial score (nSPS) is 12.7. The maximum Gasteiger partial charge on any atom is 0.408 e. The highest BCUT2D eigenvalue weighted by molar-refractivity contribution is 5.83. The summed E-state index contributed by atoms with van der Waals surface area (Å²) in [5.74, 6) is -0.581. The standard InChI is InChI=1S/C25H33N3O8/c1-25(2,3)36-24(31)27-21(22(29)35-20-14-12-19(13-15-20)28(32)33)11-7-8-16-26-23(30)34-17-18-9-5-4-6-10-18/h4-6,9-10,12-15,21,28,32H,7-8,11,16-17H2,1-3H3,(H,26,30)(H,27,31). The molecule has 196 valence electrons. The summed E-state index contributed by atoms with van der Waals surface area (Å²) >= 11 is 0. The van der Waals surface area contributed by atoms with E-state index in [4.69, 9.17) is 19.4 Å². The highest BCUT2D eigenvalue weighted by Crippen LogP contribution is 2.15. The van der Waals surface area contributed by atoms with Crippen LogP contribution in [0.4, 0.5) is 15.3 Å². The first-order valence-electron chi connectivity index (χ1n) is 11.5. The molecule has 0 bridgehead atoms. The number of ether oxygens (including phenoxy) is 3. The van der Waals surface area contributed by atoms with Crippen LogP contribution in [0, 0.1) is 5.21 Å². The Bertz CT molecular complexity index is 975. The van der Waals surface area contributed by atoms with E-state index in [0.717, 1.165) is 5.56 Å². The van der Waals surface area contributed by atoms with Crippen molar-refractivity contribution in [1.82, 2.24) is 10.6 Å². The monoisotopic (exact) mass is 503 g/mol. The van der Waals surface area contributed by atoms with Crippen LogP contribution in [0.5, 0.6) is 5.75 Å². The molecule has 11 heteroatoms. The van der Waals surface area contributed by atoms with Gasteiger partial charge in [-0.2, -0.15) is 5.23 Å². The third-order valence-corrected chi connectivity index (χ3v) is 4.70. The molecule has 0 saturated heterocycles. The minimum atomic E-state index is -1.10. The van der Waals surface area contributed by atoms with Crippen LogP contribution in [-0.4, -0.2) is 41.6 Å². The second-order valence-corrected chi connectivity index (χ2v) is 8.93. The van der Waals surface area contributed by atoms with Crippen LogP contribution in [0.15, 0.2) is 54.6 Å². The molecule has 0 aliphatic heterocycles. The van der Waals surface area contributed by atoms with Crippen molar-refractivity contribution in [2.75, 3.05) is 6.54 Å². The molecule has 4 N–H and O–H groups in total. The minimum Gasteiger partial charge on any atom is -0.595 e. The summed E-state index contributed by atoms with van der Waals surface area (Å²) in [7, 11) is 0. The van der Waals surface area contributed by atoms with Crippen molar-refractivity contribution < 1.29 is 39.0 Å². The van der Waals surface area contributed by atoms with E-state index in [1.807, 2.05) is 30.3 Å². The number of quaternary nitrogens is 1. The molecule has 2 amide bonds. The highest BCUT2D eigenvalue weighted by Gasteiger charge is 2.26. The van der Waals surface area contributed by atoms with Gasteiger partial charge < -0.3 is 30.1 Å². The lowest BCUT2D eigenvalue weighted by Crippen LogP contribution is -2.99. The Morgan fingerprint density at radius 1 is 1.00 bits per heavy atom. The maximum absolute atomic E-state index is 12.7. The summed E-state index contributed by atoms with van der Waals surface area (Å²) in [5, 5.41) is 24.0. The fraction of sp³-hybridized carbons (Fsp3) is 0.400. The predicted molar refractivity (Wildman–Crippen MR) is 129 cm³/mol. The zero-order valence-electron chi connectivity index (χ0n) is 20.6. The first-order chi connectivity index (χ1) is 17.0. The van der Waals surface area contributed by atoms with Crippen molar-refractivity contribution in [3.63, 3.8) is 0 Å². The Kier molecular flexibility index (Phi) is 11.1. The van der Waals surface area contributed by atoms with Gasteiger partial charge in [-0.25, -0.2) is 19.6 Å². The highest BCUT2D eigenvalue weighted by atomic mass is 16.8. The lowest BCUT2D eigenvalue weighted by molar-refractivity contribution is -0.991. The molecule has 0 saturated carbocycles. The Labute approximate surface area is 209 Å². The number of carbonyl (C=O) groups is 3. The molecular weight excluding hydrogens is 470 g/mol. The number of hydrogen-bond donors (Lipinski definition) is 4. The Morgan fingerprint density at radius 2 is 1.67 bits per heavy atom. The van der Waals surface area contributed by atoms with Crippen LogP contribution in [0.1, 0.15) is 45.6 Å². The molecule has 0 spiro atoms. The van der Waals surface area contributed by atoms with Crippen LogP contribution in [0.3, 0.4) is 0 Å². The molecule has 0 aromatic heterocycles. The van der Waals surface area contributed by atoms with E-state index in [0.29, 0.717) is 19.4 Å². The lowest BCUT2D eigenvalue weighted by atomic mass is 10.1. The van der Waals surface area contributed by atoms with E-state index in [9.17, 15) is 19.6 Å². The minimum absolute atomic E-state index is 0.0491. The third kappa shape index (κ3) is 11.2. The zero-order chi connectivity index (χ0) is 26.6. The molecule has 2 aromatic rings. The van der Waals surface area contributed by atoms with Gasteiger partial charge >= 0.3 is 18.2 Å². The van der Waals surface area contributed by atoms with E-state index in [1.54, 1.807) is 20.8 Å². The number of hydrogen-bond acceptors (Lipinski definition) is 8. The molecule has 36 heavy (non-hydrogen) atoms. The van der Waals surface area contributed by atoms with Gasteiger partial charge in [0.05, 0.1) is 0 Å². The Hall–Kier alpha value is -3.67. The summed E-state index contributed by atoms with van der Waals surface area (Å²) in [5.41, 5.74) is 0.169.